The number of ether oxygens (including phenoxy) is 1. The Labute approximate surface area is 104 Å². The average molecular weight is 247 g/mol. The first-order valence-corrected chi connectivity index (χ1v) is 5.78. The van der Waals surface area contributed by atoms with E-state index in [1.165, 1.54) is 0 Å². The van der Waals surface area contributed by atoms with E-state index in [4.69, 9.17) is 9.26 Å². The van der Waals surface area contributed by atoms with Crippen molar-refractivity contribution in [2.45, 2.75) is 13.0 Å². The molecule has 1 atom stereocenters. The Hall–Kier alpha value is -1.86. The van der Waals surface area contributed by atoms with Gasteiger partial charge in [0.25, 0.3) is 5.89 Å². The fourth-order valence-electron chi connectivity index (χ4n) is 1.69. The van der Waals surface area contributed by atoms with Gasteiger partial charge in [0.1, 0.15) is 6.10 Å². The molecule has 1 aliphatic heterocycles. The number of nitrogens with zero attached hydrogens (tertiary/aromatic N) is 4. The number of hydrogen-bond acceptors (Lipinski definition) is 7. The van der Waals surface area contributed by atoms with Gasteiger partial charge in [-0.3, -0.25) is 0 Å². The Bertz CT molecular complexity index is 518. The standard InChI is InChI=1S/C11H13N5O2/c1-7-4-13-9(14-5-7)10-15-11(18-16-10)8-6-12-2-3-17-8/h4-5,8,12H,2-3,6H2,1H3. The van der Waals surface area contributed by atoms with Crippen LogP contribution in [0.15, 0.2) is 16.9 Å². The summed E-state index contributed by atoms with van der Waals surface area (Å²) in [5.41, 5.74) is 0.988. The molecular formula is C11H13N5O2. The normalized spacial score (nSPS) is 19.9. The topological polar surface area (TPSA) is 86.0 Å². The summed E-state index contributed by atoms with van der Waals surface area (Å²) in [7, 11) is 0. The SMILES string of the molecule is Cc1cnc(-c2noc(C3CNCCO3)n2)nc1. The fourth-order valence-corrected chi connectivity index (χ4v) is 1.69. The Kier molecular flexibility index (Phi) is 2.99. The van der Waals surface area contributed by atoms with Gasteiger partial charge in [0.2, 0.25) is 11.6 Å². The lowest BCUT2D eigenvalue weighted by atomic mass is 10.3. The Balaban J connectivity index is 1.82. The van der Waals surface area contributed by atoms with Crippen molar-refractivity contribution in [2.24, 2.45) is 0 Å². The summed E-state index contributed by atoms with van der Waals surface area (Å²) in [6.07, 6.45) is 3.25. The zero-order valence-electron chi connectivity index (χ0n) is 9.96. The third kappa shape index (κ3) is 2.22. The Morgan fingerprint density at radius 2 is 2.11 bits per heavy atom. The van der Waals surface area contributed by atoms with Crippen LogP contribution in [0.4, 0.5) is 0 Å². The number of aromatic nitrogens is 4. The van der Waals surface area contributed by atoms with Gasteiger partial charge in [0.05, 0.1) is 6.61 Å². The van der Waals surface area contributed by atoms with Crippen molar-refractivity contribution in [3.63, 3.8) is 0 Å². The van der Waals surface area contributed by atoms with Crippen LogP contribution in [0, 0.1) is 6.92 Å². The summed E-state index contributed by atoms with van der Waals surface area (Å²) in [5, 5.41) is 7.08. The van der Waals surface area contributed by atoms with Crippen molar-refractivity contribution >= 4 is 0 Å². The molecule has 7 nitrogen and oxygen atoms in total. The van der Waals surface area contributed by atoms with E-state index in [1.54, 1.807) is 12.4 Å². The van der Waals surface area contributed by atoms with Crippen molar-refractivity contribution in [1.82, 2.24) is 25.4 Å². The minimum Gasteiger partial charge on any atom is -0.366 e. The second-order valence-electron chi connectivity index (χ2n) is 4.10. The summed E-state index contributed by atoms with van der Waals surface area (Å²) in [5.74, 6) is 1.31. The highest BCUT2D eigenvalue weighted by Crippen LogP contribution is 2.19. The van der Waals surface area contributed by atoms with Crippen LogP contribution in [0.1, 0.15) is 17.6 Å². The van der Waals surface area contributed by atoms with E-state index in [2.05, 4.69) is 25.4 Å². The maximum atomic E-state index is 5.53. The number of nitrogens with one attached hydrogen (secondary N) is 1. The molecule has 1 aliphatic rings. The van der Waals surface area contributed by atoms with Crippen molar-refractivity contribution < 1.29 is 9.26 Å². The fraction of sp³-hybridized carbons (Fsp3) is 0.455. The zero-order chi connectivity index (χ0) is 12.4. The van der Waals surface area contributed by atoms with E-state index >= 15 is 0 Å². The molecule has 0 saturated carbocycles. The second-order valence-corrected chi connectivity index (χ2v) is 4.10. The van der Waals surface area contributed by atoms with Crippen molar-refractivity contribution in [3.05, 3.63) is 23.8 Å². The molecule has 7 heteroatoms. The van der Waals surface area contributed by atoms with Gasteiger partial charge in [0.15, 0.2) is 0 Å². The molecule has 0 aliphatic carbocycles. The van der Waals surface area contributed by atoms with Crippen LogP contribution >= 0.6 is 0 Å². The third-order valence-electron chi connectivity index (χ3n) is 2.63. The molecule has 3 rings (SSSR count). The lowest BCUT2D eigenvalue weighted by Crippen LogP contribution is -2.33. The molecule has 94 valence electrons. The van der Waals surface area contributed by atoms with E-state index in [-0.39, 0.29) is 6.10 Å². The van der Waals surface area contributed by atoms with Gasteiger partial charge in [-0.05, 0) is 12.5 Å². The third-order valence-corrected chi connectivity index (χ3v) is 2.63. The average Bonchev–Trinajstić information content (AvgIpc) is 2.90. The largest absolute Gasteiger partial charge is 0.366 e. The number of hydrogen-bond donors (Lipinski definition) is 1. The van der Waals surface area contributed by atoms with Crippen LogP contribution in [0.3, 0.4) is 0 Å². The van der Waals surface area contributed by atoms with Crippen molar-refractivity contribution in [3.8, 4) is 11.6 Å². The van der Waals surface area contributed by atoms with Crippen LogP contribution < -0.4 is 5.32 Å². The van der Waals surface area contributed by atoms with Gasteiger partial charge in [-0.25, -0.2) is 9.97 Å². The molecule has 2 aromatic heterocycles. The predicted molar refractivity (Wildman–Crippen MR) is 61.6 cm³/mol. The van der Waals surface area contributed by atoms with E-state index in [9.17, 15) is 0 Å². The molecule has 0 aromatic carbocycles. The molecule has 2 aromatic rings. The molecule has 0 radical (unpaired) electrons. The summed E-state index contributed by atoms with van der Waals surface area (Å²) in [4.78, 5) is 12.6. The van der Waals surface area contributed by atoms with Crippen LogP contribution in [-0.4, -0.2) is 39.8 Å². The van der Waals surface area contributed by atoms with Crippen LogP contribution in [-0.2, 0) is 4.74 Å². The van der Waals surface area contributed by atoms with Crippen LogP contribution in [0.5, 0.6) is 0 Å². The van der Waals surface area contributed by atoms with E-state index in [0.717, 1.165) is 12.1 Å². The summed E-state index contributed by atoms with van der Waals surface area (Å²) < 4.78 is 10.7. The van der Waals surface area contributed by atoms with Crippen LogP contribution in [0.25, 0.3) is 11.6 Å². The summed E-state index contributed by atoms with van der Waals surface area (Å²) in [6, 6.07) is 0. The van der Waals surface area contributed by atoms with E-state index in [0.29, 0.717) is 30.7 Å². The molecule has 18 heavy (non-hydrogen) atoms. The quantitative estimate of drug-likeness (QED) is 0.826. The molecule has 1 saturated heterocycles. The maximum Gasteiger partial charge on any atom is 0.257 e. The molecule has 0 bridgehead atoms. The minimum atomic E-state index is -0.189. The molecule has 1 unspecified atom stereocenters. The van der Waals surface area contributed by atoms with Gasteiger partial charge >= 0.3 is 0 Å². The number of aryl methyl sites for hydroxylation is 1. The minimum absolute atomic E-state index is 0.189. The second kappa shape index (κ2) is 4.79. The Morgan fingerprint density at radius 3 is 2.83 bits per heavy atom. The highest BCUT2D eigenvalue weighted by Gasteiger charge is 2.23. The van der Waals surface area contributed by atoms with E-state index < -0.39 is 0 Å². The maximum absolute atomic E-state index is 5.53. The van der Waals surface area contributed by atoms with Gasteiger partial charge in [-0.15, -0.1) is 0 Å². The van der Waals surface area contributed by atoms with Gasteiger partial charge in [-0.1, -0.05) is 5.16 Å². The highest BCUT2D eigenvalue weighted by molar-refractivity contribution is 5.41. The zero-order valence-corrected chi connectivity index (χ0v) is 9.96. The molecule has 1 fully saturated rings. The highest BCUT2D eigenvalue weighted by atomic mass is 16.5. The summed E-state index contributed by atoms with van der Waals surface area (Å²) in [6.45, 7) is 4.09. The van der Waals surface area contributed by atoms with Crippen molar-refractivity contribution in [1.29, 1.82) is 0 Å². The van der Waals surface area contributed by atoms with Gasteiger partial charge < -0.3 is 14.6 Å². The number of morpholine rings is 1. The van der Waals surface area contributed by atoms with Crippen LogP contribution in [0.2, 0.25) is 0 Å². The van der Waals surface area contributed by atoms with Gasteiger partial charge in [0, 0.05) is 25.5 Å². The molecular weight excluding hydrogens is 234 g/mol. The molecule has 0 amide bonds. The first-order chi connectivity index (χ1) is 8.83. The smallest absolute Gasteiger partial charge is 0.257 e. The molecule has 0 spiro atoms. The lowest BCUT2D eigenvalue weighted by molar-refractivity contribution is 0.00755. The summed E-state index contributed by atoms with van der Waals surface area (Å²) >= 11 is 0. The van der Waals surface area contributed by atoms with E-state index in [1.807, 2.05) is 6.92 Å². The number of rotatable bonds is 2. The van der Waals surface area contributed by atoms with Crippen molar-refractivity contribution in [2.75, 3.05) is 19.7 Å². The van der Waals surface area contributed by atoms with Gasteiger partial charge in [-0.2, -0.15) is 4.98 Å². The predicted octanol–water partition coefficient (Wildman–Crippen LogP) is 0.496. The first kappa shape index (κ1) is 11.2. The monoisotopic (exact) mass is 247 g/mol. The molecule has 1 N–H and O–H groups in total. The lowest BCUT2D eigenvalue weighted by Gasteiger charge is -2.19. The Morgan fingerprint density at radius 1 is 1.28 bits per heavy atom. The first-order valence-electron chi connectivity index (χ1n) is 5.78. The molecule has 3 heterocycles.